The molecule has 33 heavy (non-hydrogen) atoms. The van der Waals surface area contributed by atoms with Gasteiger partial charge in [-0.1, -0.05) is 42.5 Å². The first-order chi connectivity index (χ1) is 15.9. The predicted octanol–water partition coefficient (Wildman–Crippen LogP) is 3.90. The van der Waals surface area contributed by atoms with Crippen molar-refractivity contribution in [2.24, 2.45) is 0 Å². The van der Waals surface area contributed by atoms with Crippen LogP contribution in [0.4, 0.5) is 0 Å². The van der Waals surface area contributed by atoms with Gasteiger partial charge in [-0.25, -0.2) is 4.98 Å². The second kappa shape index (κ2) is 8.35. The molecule has 1 N–H and O–H groups in total. The van der Waals surface area contributed by atoms with Gasteiger partial charge in [0.1, 0.15) is 11.7 Å². The van der Waals surface area contributed by atoms with Gasteiger partial charge in [0, 0.05) is 49.4 Å². The van der Waals surface area contributed by atoms with Crippen molar-refractivity contribution < 1.29 is 9.59 Å². The molecule has 0 spiro atoms. The summed E-state index contributed by atoms with van der Waals surface area (Å²) in [6, 6.07) is 17.9. The normalized spacial score (nSPS) is 15.6. The van der Waals surface area contributed by atoms with Crippen molar-refractivity contribution in [2.75, 3.05) is 6.54 Å². The lowest BCUT2D eigenvalue weighted by molar-refractivity contribution is -0.140. The van der Waals surface area contributed by atoms with Crippen LogP contribution in [0.2, 0.25) is 0 Å². The van der Waals surface area contributed by atoms with E-state index in [2.05, 4.69) is 35.0 Å². The Morgan fingerprint density at radius 2 is 1.79 bits per heavy atom. The van der Waals surface area contributed by atoms with Crippen LogP contribution in [-0.4, -0.2) is 38.9 Å². The SMILES string of the molecule is CC(=O)N1Cc2ccccc2CC1C(=O)NCCn1c2ccccc2c2c(C)cc(C)nc21. The molecular formula is C27H28N4O2. The Bertz CT molecular complexity index is 1390. The molecule has 1 unspecified atom stereocenters. The summed E-state index contributed by atoms with van der Waals surface area (Å²) in [6.07, 6.45) is 0.539. The largest absolute Gasteiger partial charge is 0.353 e. The third-order valence-electron chi connectivity index (χ3n) is 6.64. The Morgan fingerprint density at radius 3 is 2.58 bits per heavy atom. The minimum atomic E-state index is -0.488. The summed E-state index contributed by atoms with van der Waals surface area (Å²) in [6.45, 7) is 7.20. The number of nitrogens with zero attached hydrogens (tertiary/aromatic N) is 3. The number of benzene rings is 2. The van der Waals surface area contributed by atoms with Crippen LogP contribution < -0.4 is 5.32 Å². The van der Waals surface area contributed by atoms with Crippen LogP contribution in [0.1, 0.15) is 29.3 Å². The standard InChI is InChI=1S/C27H28N4O2/c1-17-14-18(2)29-26-25(17)22-10-6-7-11-23(22)30(26)13-12-28-27(33)24-15-20-8-4-5-9-21(20)16-31(24)19(3)32/h4-11,14,24H,12-13,15-16H2,1-3H3,(H,28,33). The third kappa shape index (κ3) is 3.75. The number of carbonyl (C=O) groups excluding carboxylic acids is 2. The Labute approximate surface area is 193 Å². The summed E-state index contributed by atoms with van der Waals surface area (Å²) >= 11 is 0. The maximum Gasteiger partial charge on any atom is 0.243 e. The first kappa shape index (κ1) is 21.2. The lowest BCUT2D eigenvalue weighted by atomic mass is 9.93. The van der Waals surface area contributed by atoms with Gasteiger partial charge in [-0.15, -0.1) is 0 Å². The molecule has 168 valence electrons. The molecule has 4 aromatic rings. The minimum Gasteiger partial charge on any atom is -0.353 e. The molecule has 3 heterocycles. The number of carbonyl (C=O) groups is 2. The number of hydrogen-bond donors (Lipinski definition) is 1. The van der Waals surface area contributed by atoms with Crippen LogP contribution >= 0.6 is 0 Å². The van der Waals surface area contributed by atoms with E-state index in [0.29, 0.717) is 26.1 Å². The fourth-order valence-corrected chi connectivity index (χ4v) is 5.10. The number of aromatic nitrogens is 2. The van der Waals surface area contributed by atoms with E-state index >= 15 is 0 Å². The molecular weight excluding hydrogens is 412 g/mol. The third-order valence-corrected chi connectivity index (χ3v) is 6.64. The predicted molar refractivity (Wildman–Crippen MR) is 130 cm³/mol. The number of fused-ring (bicyclic) bond motifs is 4. The zero-order chi connectivity index (χ0) is 23.1. The average Bonchev–Trinajstić information content (AvgIpc) is 3.11. The Morgan fingerprint density at radius 1 is 1.06 bits per heavy atom. The van der Waals surface area contributed by atoms with Crippen molar-refractivity contribution in [2.45, 2.75) is 46.3 Å². The van der Waals surface area contributed by atoms with Crippen molar-refractivity contribution in [3.8, 4) is 0 Å². The molecule has 5 rings (SSSR count). The van der Waals surface area contributed by atoms with Crippen LogP contribution in [0.5, 0.6) is 0 Å². The molecule has 1 aliphatic heterocycles. The van der Waals surface area contributed by atoms with Gasteiger partial charge in [-0.2, -0.15) is 0 Å². The van der Waals surface area contributed by atoms with Gasteiger partial charge in [0.25, 0.3) is 0 Å². The summed E-state index contributed by atoms with van der Waals surface area (Å²) in [5, 5.41) is 5.42. The van der Waals surface area contributed by atoms with Crippen LogP contribution in [-0.2, 0) is 29.1 Å². The molecule has 0 saturated carbocycles. The highest BCUT2D eigenvalue weighted by molar-refractivity contribution is 6.08. The highest BCUT2D eigenvalue weighted by Crippen LogP contribution is 2.30. The molecule has 6 heteroatoms. The quantitative estimate of drug-likeness (QED) is 0.523. The molecule has 1 aliphatic rings. The summed E-state index contributed by atoms with van der Waals surface area (Å²) in [5.41, 5.74) is 6.48. The molecule has 6 nitrogen and oxygen atoms in total. The van der Waals surface area contributed by atoms with Gasteiger partial charge in [-0.3, -0.25) is 9.59 Å². The van der Waals surface area contributed by atoms with E-state index in [0.717, 1.165) is 33.4 Å². The smallest absolute Gasteiger partial charge is 0.243 e. The first-order valence-corrected chi connectivity index (χ1v) is 11.4. The van der Waals surface area contributed by atoms with E-state index in [1.807, 2.05) is 43.3 Å². The lowest BCUT2D eigenvalue weighted by Gasteiger charge is -2.35. The summed E-state index contributed by atoms with van der Waals surface area (Å²) < 4.78 is 2.18. The van der Waals surface area contributed by atoms with Crippen molar-refractivity contribution >= 4 is 33.8 Å². The number of amides is 2. The van der Waals surface area contributed by atoms with Crippen molar-refractivity contribution in [1.82, 2.24) is 19.8 Å². The summed E-state index contributed by atoms with van der Waals surface area (Å²) in [5.74, 6) is -0.192. The molecule has 0 radical (unpaired) electrons. The number of rotatable bonds is 4. The molecule has 1 atom stereocenters. The van der Waals surface area contributed by atoms with Gasteiger partial charge in [0.2, 0.25) is 11.8 Å². The Balaban J connectivity index is 1.38. The monoisotopic (exact) mass is 440 g/mol. The highest BCUT2D eigenvalue weighted by atomic mass is 16.2. The Kier molecular flexibility index (Phi) is 5.36. The Hall–Kier alpha value is -3.67. The van der Waals surface area contributed by atoms with Crippen LogP contribution in [0.25, 0.3) is 21.9 Å². The number of hydrogen-bond acceptors (Lipinski definition) is 3. The van der Waals surface area contributed by atoms with Crippen molar-refractivity contribution in [3.05, 3.63) is 77.0 Å². The number of aryl methyl sites for hydroxylation is 2. The molecule has 0 aliphatic carbocycles. The second-order valence-electron chi connectivity index (χ2n) is 8.87. The maximum absolute atomic E-state index is 13.2. The molecule has 2 aromatic heterocycles. The molecule has 2 aromatic carbocycles. The van der Waals surface area contributed by atoms with Crippen LogP contribution in [0.15, 0.2) is 54.6 Å². The molecule has 0 fully saturated rings. The fraction of sp³-hybridized carbons (Fsp3) is 0.296. The zero-order valence-corrected chi connectivity index (χ0v) is 19.3. The van der Waals surface area contributed by atoms with Gasteiger partial charge in [0.15, 0.2) is 0 Å². The van der Waals surface area contributed by atoms with E-state index in [-0.39, 0.29) is 11.8 Å². The average molecular weight is 441 g/mol. The van der Waals surface area contributed by atoms with E-state index in [9.17, 15) is 9.59 Å². The zero-order valence-electron chi connectivity index (χ0n) is 19.3. The van der Waals surface area contributed by atoms with E-state index in [1.165, 1.54) is 17.9 Å². The van der Waals surface area contributed by atoms with E-state index in [1.54, 1.807) is 4.90 Å². The van der Waals surface area contributed by atoms with Gasteiger partial charge >= 0.3 is 0 Å². The lowest BCUT2D eigenvalue weighted by Crippen LogP contribution is -2.52. The number of nitrogens with one attached hydrogen (secondary N) is 1. The van der Waals surface area contributed by atoms with E-state index in [4.69, 9.17) is 4.98 Å². The molecule has 0 bridgehead atoms. The van der Waals surface area contributed by atoms with E-state index < -0.39 is 6.04 Å². The fourth-order valence-electron chi connectivity index (χ4n) is 5.10. The van der Waals surface area contributed by atoms with Crippen molar-refractivity contribution in [1.29, 1.82) is 0 Å². The number of pyridine rings is 1. The minimum absolute atomic E-state index is 0.0813. The highest BCUT2D eigenvalue weighted by Gasteiger charge is 2.32. The van der Waals surface area contributed by atoms with Gasteiger partial charge in [0.05, 0.1) is 5.52 Å². The molecule has 2 amide bonds. The second-order valence-corrected chi connectivity index (χ2v) is 8.87. The van der Waals surface area contributed by atoms with Gasteiger partial charge < -0.3 is 14.8 Å². The van der Waals surface area contributed by atoms with Gasteiger partial charge in [-0.05, 0) is 42.7 Å². The summed E-state index contributed by atoms with van der Waals surface area (Å²) in [4.78, 5) is 31.9. The topological polar surface area (TPSA) is 67.2 Å². The van der Waals surface area contributed by atoms with Crippen LogP contribution in [0.3, 0.4) is 0 Å². The number of para-hydroxylation sites is 1. The summed E-state index contributed by atoms with van der Waals surface area (Å²) in [7, 11) is 0. The van der Waals surface area contributed by atoms with Crippen LogP contribution in [0, 0.1) is 13.8 Å². The maximum atomic E-state index is 13.2. The molecule has 0 saturated heterocycles. The first-order valence-electron chi connectivity index (χ1n) is 11.4. The van der Waals surface area contributed by atoms with Crippen molar-refractivity contribution in [3.63, 3.8) is 0 Å².